The highest BCUT2D eigenvalue weighted by molar-refractivity contribution is 5.64. The first-order valence-electron chi connectivity index (χ1n) is 6.98. The molecule has 1 aromatic rings. The lowest BCUT2D eigenvalue weighted by Gasteiger charge is -2.29. The van der Waals surface area contributed by atoms with Crippen molar-refractivity contribution in [2.45, 2.75) is 25.7 Å². The molecule has 1 aromatic carbocycles. The second kappa shape index (κ2) is 7.62. The number of nitrogens with zero attached hydrogens (tertiary/aromatic N) is 1. The number of piperidine rings is 1. The van der Waals surface area contributed by atoms with Crippen molar-refractivity contribution in [1.29, 1.82) is 0 Å². The molecule has 1 fully saturated rings. The second-order valence-electron chi connectivity index (χ2n) is 4.75. The van der Waals surface area contributed by atoms with E-state index < -0.39 is 0 Å². The number of hydrogen-bond donors (Lipinski definition) is 0. The molecule has 19 heavy (non-hydrogen) atoms. The predicted molar refractivity (Wildman–Crippen MR) is 77.8 cm³/mol. The third kappa shape index (κ3) is 4.43. The third-order valence-electron chi connectivity index (χ3n) is 3.31. The molecule has 2 rings (SSSR count). The van der Waals surface area contributed by atoms with Gasteiger partial charge in [-0.2, -0.15) is 0 Å². The third-order valence-corrected chi connectivity index (χ3v) is 3.31. The molecule has 1 saturated heterocycles. The smallest absolute Gasteiger partial charge is 0.142 e. The Hall–Kier alpha value is -1.77. The van der Waals surface area contributed by atoms with Crippen LogP contribution < -0.4 is 9.64 Å². The van der Waals surface area contributed by atoms with Gasteiger partial charge in [-0.15, -0.1) is 0 Å². The van der Waals surface area contributed by atoms with Crippen molar-refractivity contribution in [1.82, 2.24) is 0 Å². The van der Waals surface area contributed by atoms with Crippen molar-refractivity contribution < 1.29 is 9.53 Å². The number of anilines is 1. The number of ether oxygens (including phenoxy) is 1. The summed E-state index contributed by atoms with van der Waals surface area (Å²) in [7, 11) is 0. The van der Waals surface area contributed by atoms with E-state index in [1.54, 1.807) is 0 Å². The molecule has 0 atom stereocenters. The highest BCUT2D eigenvalue weighted by Crippen LogP contribution is 2.24. The van der Waals surface area contributed by atoms with Crippen LogP contribution in [0, 0.1) is 0 Å². The molecule has 0 aliphatic carbocycles. The SMILES string of the molecule is O=C/C=C/CCOc1cccc(N2CCCCC2)c1. The van der Waals surface area contributed by atoms with Crippen molar-refractivity contribution in [2.24, 2.45) is 0 Å². The van der Waals surface area contributed by atoms with Gasteiger partial charge in [0.25, 0.3) is 0 Å². The molecule has 3 heteroatoms. The summed E-state index contributed by atoms with van der Waals surface area (Å²) < 4.78 is 5.69. The van der Waals surface area contributed by atoms with Crippen LogP contribution in [0.2, 0.25) is 0 Å². The molecule has 0 unspecified atom stereocenters. The summed E-state index contributed by atoms with van der Waals surface area (Å²) in [6, 6.07) is 8.27. The molecule has 3 nitrogen and oxygen atoms in total. The van der Waals surface area contributed by atoms with Crippen LogP contribution in [0.25, 0.3) is 0 Å². The van der Waals surface area contributed by atoms with E-state index in [0.717, 1.165) is 31.5 Å². The minimum absolute atomic E-state index is 0.605. The molecule has 0 radical (unpaired) electrons. The van der Waals surface area contributed by atoms with Gasteiger partial charge in [0.15, 0.2) is 0 Å². The number of hydrogen-bond acceptors (Lipinski definition) is 3. The summed E-state index contributed by atoms with van der Waals surface area (Å²) in [6.45, 7) is 2.89. The summed E-state index contributed by atoms with van der Waals surface area (Å²) in [6.07, 6.45) is 8.78. The van der Waals surface area contributed by atoms with Gasteiger partial charge in [0.2, 0.25) is 0 Å². The van der Waals surface area contributed by atoms with Gasteiger partial charge in [0.05, 0.1) is 6.61 Å². The molecule has 1 heterocycles. The van der Waals surface area contributed by atoms with Gasteiger partial charge in [-0.3, -0.25) is 4.79 Å². The number of carbonyl (C=O) groups is 1. The Morgan fingerprint density at radius 2 is 2.05 bits per heavy atom. The standard InChI is InChI=1S/C16H21NO2/c18-12-5-2-6-13-19-16-9-7-8-15(14-16)17-10-3-1-4-11-17/h2,5,7-9,12,14H,1,3-4,6,10-11,13H2/b5-2+. The van der Waals surface area contributed by atoms with Gasteiger partial charge in [-0.1, -0.05) is 12.1 Å². The normalized spacial score (nSPS) is 15.7. The predicted octanol–water partition coefficient (Wildman–Crippen LogP) is 3.20. The van der Waals surface area contributed by atoms with Gasteiger partial charge in [0.1, 0.15) is 12.0 Å². The summed E-state index contributed by atoms with van der Waals surface area (Å²) in [5, 5.41) is 0. The summed E-state index contributed by atoms with van der Waals surface area (Å²) in [5.41, 5.74) is 1.25. The number of carbonyl (C=O) groups excluding carboxylic acids is 1. The van der Waals surface area contributed by atoms with Crippen LogP contribution >= 0.6 is 0 Å². The van der Waals surface area contributed by atoms with Gasteiger partial charge >= 0.3 is 0 Å². The number of allylic oxidation sites excluding steroid dienone is 1. The monoisotopic (exact) mass is 259 g/mol. The van der Waals surface area contributed by atoms with Crippen LogP contribution in [0.5, 0.6) is 5.75 Å². The quantitative estimate of drug-likeness (QED) is 0.446. The summed E-state index contributed by atoms with van der Waals surface area (Å²) >= 11 is 0. The van der Waals surface area contributed by atoms with E-state index in [-0.39, 0.29) is 0 Å². The van der Waals surface area contributed by atoms with E-state index in [9.17, 15) is 4.79 Å². The Balaban J connectivity index is 1.87. The molecule has 0 spiro atoms. The maximum atomic E-state index is 10.1. The zero-order chi connectivity index (χ0) is 13.3. The van der Waals surface area contributed by atoms with Gasteiger partial charge in [0, 0.05) is 24.8 Å². The van der Waals surface area contributed by atoms with Crippen molar-refractivity contribution >= 4 is 12.0 Å². The molecular weight excluding hydrogens is 238 g/mol. The Morgan fingerprint density at radius 1 is 1.21 bits per heavy atom. The highest BCUT2D eigenvalue weighted by atomic mass is 16.5. The molecular formula is C16H21NO2. The van der Waals surface area contributed by atoms with E-state index in [4.69, 9.17) is 4.74 Å². The van der Waals surface area contributed by atoms with E-state index in [1.807, 2.05) is 18.2 Å². The molecule has 0 N–H and O–H groups in total. The van der Waals surface area contributed by atoms with Gasteiger partial charge in [-0.25, -0.2) is 0 Å². The van der Waals surface area contributed by atoms with Crippen LogP contribution in [-0.4, -0.2) is 26.0 Å². The van der Waals surface area contributed by atoms with E-state index in [1.165, 1.54) is 31.0 Å². The molecule has 0 bridgehead atoms. The Bertz CT molecular complexity index is 423. The topological polar surface area (TPSA) is 29.5 Å². The molecule has 1 aliphatic heterocycles. The van der Waals surface area contributed by atoms with E-state index in [0.29, 0.717) is 6.61 Å². The van der Waals surface area contributed by atoms with Crippen molar-refractivity contribution in [2.75, 3.05) is 24.6 Å². The zero-order valence-electron chi connectivity index (χ0n) is 11.3. The molecule has 1 aliphatic rings. The number of aldehydes is 1. The molecule has 0 saturated carbocycles. The molecule has 0 aromatic heterocycles. The van der Waals surface area contributed by atoms with Crippen LogP contribution in [-0.2, 0) is 4.79 Å². The zero-order valence-corrected chi connectivity index (χ0v) is 11.3. The minimum atomic E-state index is 0.605. The highest BCUT2D eigenvalue weighted by Gasteiger charge is 2.11. The largest absolute Gasteiger partial charge is 0.493 e. The fourth-order valence-electron chi connectivity index (χ4n) is 2.32. The fourth-order valence-corrected chi connectivity index (χ4v) is 2.32. The number of rotatable bonds is 6. The average Bonchev–Trinajstić information content (AvgIpc) is 2.48. The lowest BCUT2D eigenvalue weighted by atomic mass is 10.1. The maximum Gasteiger partial charge on any atom is 0.142 e. The van der Waals surface area contributed by atoms with Crippen LogP contribution in [0.1, 0.15) is 25.7 Å². The molecule has 102 valence electrons. The van der Waals surface area contributed by atoms with Gasteiger partial charge in [-0.05, 0) is 43.9 Å². The maximum absolute atomic E-state index is 10.1. The van der Waals surface area contributed by atoms with Crippen molar-refractivity contribution in [3.05, 3.63) is 36.4 Å². The summed E-state index contributed by atoms with van der Waals surface area (Å²) in [4.78, 5) is 12.5. The Morgan fingerprint density at radius 3 is 2.84 bits per heavy atom. The fraction of sp³-hybridized carbons (Fsp3) is 0.438. The van der Waals surface area contributed by atoms with Crippen molar-refractivity contribution in [3.8, 4) is 5.75 Å². The van der Waals surface area contributed by atoms with E-state index in [2.05, 4.69) is 17.0 Å². The Kier molecular flexibility index (Phi) is 5.48. The minimum Gasteiger partial charge on any atom is -0.493 e. The number of benzene rings is 1. The Labute approximate surface area is 114 Å². The second-order valence-corrected chi connectivity index (χ2v) is 4.75. The van der Waals surface area contributed by atoms with Crippen LogP contribution in [0.4, 0.5) is 5.69 Å². The first-order chi connectivity index (χ1) is 9.40. The van der Waals surface area contributed by atoms with E-state index >= 15 is 0 Å². The van der Waals surface area contributed by atoms with Crippen molar-refractivity contribution in [3.63, 3.8) is 0 Å². The lowest BCUT2D eigenvalue weighted by Crippen LogP contribution is -2.29. The average molecular weight is 259 g/mol. The van der Waals surface area contributed by atoms with Crippen LogP contribution in [0.3, 0.4) is 0 Å². The van der Waals surface area contributed by atoms with Crippen LogP contribution in [0.15, 0.2) is 36.4 Å². The first kappa shape index (κ1) is 13.7. The first-order valence-corrected chi connectivity index (χ1v) is 6.98. The van der Waals surface area contributed by atoms with Gasteiger partial charge < -0.3 is 9.64 Å². The molecule has 0 amide bonds. The summed E-state index contributed by atoms with van der Waals surface area (Å²) in [5.74, 6) is 0.905. The lowest BCUT2D eigenvalue weighted by molar-refractivity contribution is -0.104.